The molecule has 7 nitrogen and oxygen atoms in total. The molecule has 0 fully saturated rings. The van der Waals surface area contributed by atoms with Gasteiger partial charge in [0.1, 0.15) is 6.10 Å². The Bertz CT molecular complexity index is 517. The number of aliphatic hydroxyl groups excluding tert-OH is 1. The predicted molar refractivity (Wildman–Crippen MR) is 218 cm³/mol. The number of hydrogen-bond donors (Lipinski definition) is 3. The molecule has 0 aliphatic rings. The van der Waals surface area contributed by atoms with Gasteiger partial charge >= 0.3 is 5.97 Å². The second-order valence-corrected chi connectivity index (χ2v) is 11.3. The van der Waals surface area contributed by atoms with Gasteiger partial charge in [0, 0.05) is 19.8 Å². The molecular formula is C40H98N2O5. The zero-order valence-electron chi connectivity index (χ0n) is 26.3. The average molecular weight is 687 g/mol. The van der Waals surface area contributed by atoms with Crippen LogP contribution in [0.4, 0.5) is 0 Å². The van der Waals surface area contributed by atoms with E-state index in [0.29, 0.717) is 13.1 Å². The van der Waals surface area contributed by atoms with Gasteiger partial charge < -0.3 is 25.2 Å². The summed E-state index contributed by atoms with van der Waals surface area (Å²) in [5.74, 6) is -1.09. The van der Waals surface area contributed by atoms with Crippen molar-refractivity contribution in [2.75, 3.05) is 40.4 Å². The number of aliphatic hydroxyl groups is 1. The molecule has 0 saturated carbocycles. The number of carboxylic acids is 1. The smallest absolute Gasteiger partial charge is 0.332 e. The lowest BCUT2D eigenvalue weighted by Gasteiger charge is -2.10. The van der Waals surface area contributed by atoms with Crippen LogP contribution in [0.25, 0.3) is 0 Å². The summed E-state index contributed by atoms with van der Waals surface area (Å²) in [6.07, 6.45) is 28.0. The molecule has 0 aromatic carbocycles. The van der Waals surface area contributed by atoms with E-state index in [1.807, 2.05) is 19.0 Å². The first kappa shape index (κ1) is 71.7. The molecule has 47 heavy (non-hydrogen) atoms. The summed E-state index contributed by atoms with van der Waals surface area (Å²) in [6, 6.07) is 0. The van der Waals surface area contributed by atoms with E-state index >= 15 is 0 Å². The molecule has 0 radical (unpaired) electrons. The lowest BCUT2D eigenvalue weighted by Crippen LogP contribution is -2.34. The third-order valence-electron chi connectivity index (χ3n) is 6.75. The lowest BCUT2D eigenvalue weighted by atomic mass is 10.0. The van der Waals surface area contributed by atoms with E-state index in [0.717, 1.165) is 19.6 Å². The van der Waals surface area contributed by atoms with E-state index in [1.165, 1.54) is 135 Å². The van der Waals surface area contributed by atoms with Gasteiger partial charge in [-0.25, -0.2) is 4.79 Å². The van der Waals surface area contributed by atoms with Crippen molar-refractivity contribution in [1.82, 2.24) is 10.2 Å². The number of carboxylic acid groups (broad SMARTS) is 1. The Morgan fingerprint density at radius 1 is 0.574 bits per heavy atom. The minimum Gasteiger partial charge on any atom is -0.479 e. The van der Waals surface area contributed by atoms with Crippen LogP contribution in [0.5, 0.6) is 0 Å². The molecule has 0 aromatic rings. The predicted octanol–water partition coefficient (Wildman–Crippen LogP) is 12.4. The molecular weight excluding hydrogens is 588 g/mol. The normalized spacial score (nSPS) is 9.74. The fourth-order valence-electron chi connectivity index (χ4n) is 4.31. The maximum absolute atomic E-state index is 11.5. The Kier molecular flexibility index (Phi) is 91.8. The van der Waals surface area contributed by atoms with Gasteiger partial charge in [-0.2, -0.15) is 0 Å². The van der Waals surface area contributed by atoms with Crippen LogP contribution >= 0.6 is 0 Å². The number of carbonyl (C=O) groups is 2. The summed E-state index contributed by atoms with van der Waals surface area (Å²) in [5.41, 5.74) is 0. The second-order valence-electron chi connectivity index (χ2n) is 11.3. The Hall–Kier alpha value is -1.18. The molecule has 0 spiro atoms. The van der Waals surface area contributed by atoms with E-state index in [-0.39, 0.29) is 65.3 Å². The largest absolute Gasteiger partial charge is 0.479 e. The summed E-state index contributed by atoms with van der Waals surface area (Å²) >= 11 is 0. The average Bonchev–Trinajstić information content (AvgIpc) is 2.88. The molecule has 0 rings (SSSR count). The first-order valence-electron chi connectivity index (χ1n) is 16.2. The van der Waals surface area contributed by atoms with Crippen LogP contribution in [0.2, 0.25) is 0 Å². The minimum atomic E-state index is -1.23. The summed E-state index contributed by atoms with van der Waals surface area (Å²) in [4.78, 5) is 22.8. The van der Waals surface area contributed by atoms with Crippen molar-refractivity contribution < 1.29 is 24.5 Å². The SMILES string of the molecule is C.C.C.C.C.C.C.C.CC(O)C(=O)O.CCCCCCCCCCCCCCCCCCCCCCOCCCNC(=O)CN(C)C. The number of nitrogens with one attached hydrogen (secondary N) is 1. The number of aliphatic carboxylic acids is 1. The van der Waals surface area contributed by atoms with Crippen molar-refractivity contribution in [2.24, 2.45) is 0 Å². The molecule has 0 aromatic heterocycles. The third-order valence-corrected chi connectivity index (χ3v) is 6.75. The second kappa shape index (κ2) is 60.2. The van der Waals surface area contributed by atoms with Crippen LogP contribution in [0, 0.1) is 0 Å². The van der Waals surface area contributed by atoms with Crippen LogP contribution in [0.3, 0.4) is 0 Å². The topological polar surface area (TPSA) is 99.1 Å². The van der Waals surface area contributed by atoms with Gasteiger partial charge in [-0.15, -0.1) is 0 Å². The van der Waals surface area contributed by atoms with Crippen LogP contribution in [-0.4, -0.2) is 73.5 Å². The van der Waals surface area contributed by atoms with E-state index in [1.54, 1.807) is 0 Å². The van der Waals surface area contributed by atoms with Gasteiger partial charge in [-0.05, 0) is 33.9 Å². The number of ether oxygens (including phenoxy) is 1. The van der Waals surface area contributed by atoms with Gasteiger partial charge in [-0.3, -0.25) is 4.79 Å². The summed E-state index contributed by atoms with van der Waals surface area (Å²) in [5, 5.41) is 18.7. The molecule has 0 heterocycles. The Labute approximate surface area is 300 Å². The minimum absolute atomic E-state index is 0. The van der Waals surface area contributed by atoms with Gasteiger partial charge in [-0.1, -0.05) is 188 Å². The van der Waals surface area contributed by atoms with Crippen LogP contribution < -0.4 is 5.32 Å². The first-order valence-corrected chi connectivity index (χ1v) is 16.2. The zero-order valence-corrected chi connectivity index (χ0v) is 26.3. The van der Waals surface area contributed by atoms with Gasteiger partial charge in [0.15, 0.2) is 0 Å². The molecule has 7 heteroatoms. The van der Waals surface area contributed by atoms with Crippen LogP contribution in [0.1, 0.15) is 208 Å². The number of carbonyl (C=O) groups excluding carboxylic acids is 1. The summed E-state index contributed by atoms with van der Waals surface area (Å²) in [6.45, 7) is 6.28. The monoisotopic (exact) mass is 687 g/mol. The number of unbranched alkanes of at least 4 members (excludes halogenated alkanes) is 19. The quantitative estimate of drug-likeness (QED) is 0.0708. The highest BCUT2D eigenvalue weighted by Crippen LogP contribution is 2.14. The number of amides is 1. The fraction of sp³-hybridized carbons (Fsp3) is 0.950. The molecule has 1 atom stereocenters. The number of hydrogen-bond acceptors (Lipinski definition) is 5. The standard InChI is InChI=1S/C29H60N2O2.C3H6O3.8CH4/c1-4-5-6-7-8-9-10-11-12-13-14-15-16-17-18-19-20-21-22-23-26-33-27-24-25-30-29(32)28-31(2)3;1-2(4)3(5)6;;;;;;;;/h4-28H2,1-3H3,(H,30,32);2,4H,1H3,(H,5,6);8*1H4. The Morgan fingerprint density at radius 2 is 0.851 bits per heavy atom. The van der Waals surface area contributed by atoms with E-state index in [2.05, 4.69) is 12.2 Å². The lowest BCUT2D eigenvalue weighted by molar-refractivity contribution is -0.145. The van der Waals surface area contributed by atoms with Crippen LogP contribution in [-0.2, 0) is 14.3 Å². The summed E-state index contributed by atoms with van der Waals surface area (Å²) in [7, 11) is 3.81. The highest BCUT2D eigenvalue weighted by atomic mass is 16.5. The molecule has 3 N–H and O–H groups in total. The van der Waals surface area contributed by atoms with E-state index in [4.69, 9.17) is 14.9 Å². The number of rotatable bonds is 28. The molecule has 298 valence electrons. The molecule has 1 amide bonds. The Balaban J connectivity index is -0.000000111. The third kappa shape index (κ3) is 71.8. The van der Waals surface area contributed by atoms with Crippen molar-refractivity contribution >= 4 is 11.9 Å². The van der Waals surface area contributed by atoms with Gasteiger partial charge in [0.25, 0.3) is 0 Å². The van der Waals surface area contributed by atoms with Gasteiger partial charge in [0.05, 0.1) is 6.54 Å². The van der Waals surface area contributed by atoms with Crippen molar-refractivity contribution in [1.29, 1.82) is 0 Å². The fourth-order valence-corrected chi connectivity index (χ4v) is 4.31. The molecule has 0 bridgehead atoms. The first-order chi connectivity index (χ1) is 18.8. The summed E-state index contributed by atoms with van der Waals surface area (Å²) < 4.78 is 5.67. The van der Waals surface area contributed by atoms with Gasteiger partial charge in [0.2, 0.25) is 5.91 Å². The highest BCUT2D eigenvalue weighted by molar-refractivity contribution is 5.77. The molecule has 0 saturated heterocycles. The molecule has 0 aliphatic carbocycles. The van der Waals surface area contributed by atoms with Crippen molar-refractivity contribution in [3.8, 4) is 0 Å². The van der Waals surface area contributed by atoms with E-state index in [9.17, 15) is 9.59 Å². The maximum atomic E-state index is 11.5. The van der Waals surface area contributed by atoms with Crippen molar-refractivity contribution in [3.63, 3.8) is 0 Å². The Morgan fingerprint density at radius 3 is 1.13 bits per heavy atom. The van der Waals surface area contributed by atoms with E-state index < -0.39 is 12.1 Å². The number of nitrogens with zero attached hydrogens (tertiary/aromatic N) is 1. The molecule has 1 unspecified atom stereocenters. The van der Waals surface area contributed by atoms with Crippen LogP contribution in [0.15, 0.2) is 0 Å². The van der Waals surface area contributed by atoms with Crippen molar-refractivity contribution in [3.05, 3.63) is 0 Å². The zero-order chi connectivity index (χ0) is 29.4. The highest BCUT2D eigenvalue weighted by Gasteiger charge is 2.02. The number of likely N-dealkylation sites (N-methyl/N-ethyl adjacent to an activating group) is 1. The van der Waals surface area contributed by atoms with Crippen molar-refractivity contribution in [2.45, 2.75) is 214 Å². The maximum Gasteiger partial charge on any atom is 0.332 e. The molecule has 0 aliphatic heterocycles.